The number of carbonyl (C=O) groups is 2. The van der Waals surface area contributed by atoms with Crippen molar-refractivity contribution in [1.29, 1.82) is 0 Å². The van der Waals surface area contributed by atoms with Crippen molar-refractivity contribution in [3.8, 4) is 11.5 Å². The van der Waals surface area contributed by atoms with E-state index in [-0.39, 0.29) is 24.4 Å². The molecule has 1 amide bonds. The van der Waals surface area contributed by atoms with E-state index in [9.17, 15) is 9.59 Å². The first-order valence-corrected chi connectivity index (χ1v) is 9.76. The van der Waals surface area contributed by atoms with E-state index in [1.165, 1.54) is 6.42 Å². The van der Waals surface area contributed by atoms with Gasteiger partial charge in [0.25, 0.3) is 11.7 Å². The Morgan fingerprint density at radius 1 is 1.15 bits per heavy atom. The number of nitrogens with one attached hydrogen (secondary N) is 1. The molecule has 0 unspecified atom stereocenters. The second-order valence-corrected chi connectivity index (χ2v) is 7.52. The Morgan fingerprint density at radius 2 is 1.96 bits per heavy atom. The van der Waals surface area contributed by atoms with Crippen LogP contribution in [0.5, 0.6) is 11.5 Å². The number of esters is 1. The first-order valence-electron chi connectivity index (χ1n) is 9.76. The Labute approximate surface area is 158 Å². The van der Waals surface area contributed by atoms with Crippen molar-refractivity contribution >= 4 is 17.6 Å². The molecule has 0 aromatic heterocycles. The summed E-state index contributed by atoms with van der Waals surface area (Å²) in [5.41, 5.74) is 0.602. The Morgan fingerprint density at radius 3 is 2.74 bits per heavy atom. The highest BCUT2D eigenvalue weighted by atomic mass is 16.7. The number of ether oxygens (including phenoxy) is 3. The zero-order chi connectivity index (χ0) is 18.7. The number of hydrogen-bond acceptors (Lipinski definition) is 5. The lowest BCUT2D eigenvalue weighted by Gasteiger charge is -2.31. The van der Waals surface area contributed by atoms with E-state index >= 15 is 0 Å². The van der Waals surface area contributed by atoms with E-state index < -0.39 is 5.79 Å². The number of rotatable bonds is 5. The van der Waals surface area contributed by atoms with E-state index in [0.717, 1.165) is 38.5 Å². The fourth-order valence-corrected chi connectivity index (χ4v) is 3.95. The van der Waals surface area contributed by atoms with Gasteiger partial charge in [-0.2, -0.15) is 0 Å². The van der Waals surface area contributed by atoms with Crippen LogP contribution in [0.2, 0.25) is 0 Å². The number of allylic oxidation sites excluding steroid dienone is 2. The number of amides is 1. The van der Waals surface area contributed by atoms with Crippen LogP contribution >= 0.6 is 0 Å². The van der Waals surface area contributed by atoms with Gasteiger partial charge in [0, 0.05) is 24.6 Å². The Hall–Kier alpha value is -2.50. The molecule has 1 fully saturated rings. The van der Waals surface area contributed by atoms with E-state index in [0.29, 0.717) is 23.6 Å². The molecule has 0 radical (unpaired) electrons. The van der Waals surface area contributed by atoms with Gasteiger partial charge in [-0.25, -0.2) is 0 Å². The quantitative estimate of drug-likeness (QED) is 0.626. The summed E-state index contributed by atoms with van der Waals surface area (Å²) < 4.78 is 17.2. The molecule has 1 N–H and O–H groups in total. The second-order valence-electron chi connectivity index (χ2n) is 7.52. The summed E-state index contributed by atoms with van der Waals surface area (Å²) in [7, 11) is 0. The molecule has 6 heteroatoms. The molecule has 1 aliphatic heterocycles. The van der Waals surface area contributed by atoms with Crippen LogP contribution in [0.15, 0.2) is 30.4 Å². The number of benzene rings is 1. The largest absolute Gasteiger partial charge is 0.456 e. The summed E-state index contributed by atoms with van der Waals surface area (Å²) in [5, 5.41) is 2.75. The van der Waals surface area contributed by atoms with E-state index in [1.807, 2.05) is 12.1 Å². The van der Waals surface area contributed by atoms with Gasteiger partial charge in [-0.1, -0.05) is 18.6 Å². The lowest BCUT2D eigenvalue weighted by Crippen LogP contribution is -2.40. The van der Waals surface area contributed by atoms with Crippen LogP contribution in [0.4, 0.5) is 5.69 Å². The lowest BCUT2D eigenvalue weighted by molar-refractivity contribution is -0.147. The fourth-order valence-electron chi connectivity index (χ4n) is 3.95. The summed E-state index contributed by atoms with van der Waals surface area (Å²) in [6.45, 7) is -0.284. The zero-order valence-corrected chi connectivity index (χ0v) is 15.4. The van der Waals surface area contributed by atoms with Gasteiger partial charge in [-0.3, -0.25) is 9.59 Å². The Kier molecular flexibility index (Phi) is 5.05. The van der Waals surface area contributed by atoms with Gasteiger partial charge < -0.3 is 19.5 Å². The van der Waals surface area contributed by atoms with Gasteiger partial charge in [-0.15, -0.1) is 0 Å². The topological polar surface area (TPSA) is 73.9 Å². The highest BCUT2D eigenvalue weighted by Crippen LogP contribution is 2.46. The molecular formula is C21H25NO5. The maximum absolute atomic E-state index is 12.1. The van der Waals surface area contributed by atoms with E-state index in [1.54, 1.807) is 12.1 Å². The van der Waals surface area contributed by atoms with E-state index in [4.69, 9.17) is 14.2 Å². The molecule has 144 valence electrons. The molecule has 1 atom stereocenters. The smallest absolute Gasteiger partial charge is 0.306 e. The number of anilines is 1. The van der Waals surface area contributed by atoms with Gasteiger partial charge in [0.2, 0.25) is 0 Å². The molecule has 1 saturated carbocycles. The Bertz CT molecular complexity index is 751. The molecule has 0 bridgehead atoms. The fraction of sp³-hybridized carbons (Fsp3) is 0.524. The average Bonchev–Trinajstić information content (AvgIpc) is 3.27. The minimum Gasteiger partial charge on any atom is -0.456 e. The SMILES string of the molecule is O=C(COC(=O)C[C@@H]1C=CCC1)Nc1ccc2c(c1)OC1(CCCCC1)O2. The predicted molar refractivity (Wildman–Crippen MR) is 99.6 cm³/mol. The minimum absolute atomic E-state index is 0.238. The molecule has 2 aliphatic carbocycles. The highest BCUT2D eigenvalue weighted by Gasteiger charge is 2.42. The van der Waals surface area contributed by atoms with Crippen molar-refractivity contribution in [2.24, 2.45) is 5.92 Å². The molecule has 1 aromatic rings. The van der Waals surface area contributed by atoms with Crippen molar-refractivity contribution < 1.29 is 23.8 Å². The number of hydrogen-bond donors (Lipinski definition) is 1. The molecule has 27 heavy (non-hydrogen) atoms. The summed E-state index contributed by atoms with van der Waals surface area (Å²) in [4.78, 5) is 23.9. The minimum atomic E-state index is -0.534. The summed E-state index contributed by atoms with van der Waals surface area (Å²) >= 11 is 0. The van der Waals surface area contributed by atoms with Crippen molar-refractivity contribution in [1.82, 2.24) is 0 Å². The zero-order valence-electron chi connectivity index (χ0n) is 15.4. The lowest BCUT2D eigenvalue weighted by atomic mass is 9.94. The third kappa shape index (κ3) is 4.26. The maximum Gasteiger partial charge on any atom is 0.306 e. The van der Waals surface area contributed by atoms with Crippen molar-refractivity contribution in [3.05, 3.63) is 30.4 Å². The van der Waals surface area contributed by atoms with Gasteiger partial charge >= 0.3 is 5.97 Å². The average molecular weight is 371 g/mol. The third-order valence-corrected chi connectivity index (χ3v) is 5.34. The van der Waals surface area contributed by atoms with Gasteiger partial charge in [-0.05, 0) is 43.7 Å². The summed E-state index contributed by atoms with van der Waals surface area (Å²) in [6, 6.07) is 5.35. The van der Waals surface area contributed by atoms with Crippen LogP contribution in [0.25, 0.3) is 0 Å². The molecule has 0 saturated heterocycles. The van der Waals surface area contributed by atoms with Gasteiger partial charge in [0.15, 0.2) is 18.1 Å². The highest BCUT2D eigenvalue weighted by molar-refractivity contribution is 5.93. The summed E-state index contributed by atoms with van der Waals surface area (Å²) in [5.74, 6) is 0.364. The third-order valence-electron chi connectivity index (χ3n) is 5.34. The number of carbonyl (C=O) groups excluding carboxylic acids is 2. The van der Waals surface area contributed by atoms with Gasteiger partial charge in [0.05, 0.1) is 6.42 Å². The van der Waals surface area contributed by atoms with Crippen molar-refractivity contribution in [3.63, 3.8) is 0 Å². The number of fused-ring (bicyclic) bond motifs is 1. The van der Waals surface area contributed by atoms with Crippen molar-refractivity contribution in [2.75, 3.05) is 11.9 Å². The van der Waals surface area contributed by atoms with Crippen molar-refractivity contribution in [2.45, 2.75) is 57.2 Å². The predicted octanol–water partition coefficient (Wildman–Crippen LogP) is 3.96. The molecule has 1 aromatic carbocycles. The monoisotopic (exact) mass is 371 g/mol. The first kappa shape index (κ1) is 17.9. The Balaban J connectivity index is 1.27. The first-order chi connectivity index (χ1) is 13.1. The second kappa shape index (κ2) is 7.62. The van der Waals surface area contributed by atoms with Crippen LogP contribution in [-0.4, -0.2) is 24.3 Å². The van der Waals surface area contributed by atoms with Crippen LogP contribution < -0.4 is 14.8 Å². The van der Waals surface area contributed by atoms with E-state index in [2.05, 4.69) is 11.4 Å². The molecule has 1 spiro atoms. The maximum atomic E-state index is 12.1. The van der Waals surface area contributed by atoms with Crippen LogP contribution in [0.3, 0.4) is 0 Å². The molecule has 1 heterocycles. The molecule has 6 nitrogen and oxygen atoms in total. The van der Waals surface area contributed by atoms with Crippen LogP contribution in [-0.2, 0) is 14.3 Å². The molecule has 4 rings (SSSR count). The molecule has 3 aliphatic rings. The van der Waals surface area contributed by atoms with Crippen LogP contribution in [0.1, 0.15) is 51.4 Å². The van der Waals surface area contributed by atoms with Gasteiger partial charge in [0.1, 0.15) is 0 Å². The van der Waals surface area contributed by atoms with Crippen LogP contribution in [0, 0.1) is 5.92 Å². The molecular weight excluding hydrogens is 346 g/mol. The standard InChI is InChI=1S/C21H25NO5/c23-19(14-25-20(24)12-15-6-2-3-7-15)22-16-8-9-17-18(13-16)27-21(26-17)10-4-1-5-11-21/h2,6,8-9,13,15H,1,3-5,7,10-12,14H2,(H,22,23)/t15-/m1/s1. The normalized spacial score (nSPS) is 22.0. The summed E-state index contributed by atoms with van der Waals surface area (Å²) in [6.07, 6.45) is 11.6.